The van der Waals surface area contributed by atoms with Gasteiger partial charge in [0.1, 0.15) is 5.75 Å². The van der Waals surface area contributed by atoms with Crippen molar-refractivity contribution in [3.05, 3.63) is 46.7 Å². The minimum atomic E-state index is -2.76. The lowest BCUT2D eigenvalue weighted by Crippen LogP contribution is -2.50. The Bertz CT molecular complexity index is 873. The Labute approximate surface area is 181 Å². The quantitative estimate of drug-likeness (QED) is 0.562. The Balaban J connectivity index is 2.01. The van der Waals surface area contributed by atoms with E-state index in [1.165, 1.54) is 12.1 Å². The second kappa shape index (κ2) is 9.39. The van der Waals surface area contributed by atoms with E-state index in [1.807, 2.05) is 6.92 Å². The number of hydrogen-bond donors (Lipinski definition) is 3. The van der Waals surface area contributed by atoms with E-state index < -0.39 is 18.0 Å². The zero-order chi connectivity index (χ0) is 22.6. The molecular weight excluding hydrogens is 404 g/mol. The van der Waals surface area contributed by atoms with Crippen LogP contribution in [-0.4, -0.2) is 33.9 Å². The molecule has 2 aliphatic rings. The number of carbonyl (C=O) groups is 1. The van der Waals surface area contributed by atoms with Crippen LogP contribution in [0.15, 0.2) is 30.0 Å². The van der Waals surface area contributed by atoms with Crippen molar-refractivity contribution < 1.29 is 28.5 Å². The van der Waals surface area contributed by atoms with Crippen molar-refractivity contribution >= 4 is 12.0 Å². The van der Waals surface area contributed by atoms with E-state index in [9.17, 15) is 23.8 Å². The average molecular weight is 436 g/mol. The molecule has 1 aliphatic heterocycles. The molecule has 1 aromatic carbocycles. The Hall–Kier alpha value is -2.41. The van der Waals surface area contributed by atoms with Gasteiger partial charge in [-0.2, -0.15) is 0 Å². The monoisotopic (exact) mass is 435 g/mol. The summed E-state index contributed by atoms with van der Waals surface area (Å²) < 4.78 is 33.4. The zero-order valence-electron chi connectivity index (χ0n) is 18.1. The summed E-state index contributed by atoms with van der Waals surface area (Å²) in [7, 11) is 0. The number of allylic oxidation sites excluding steroid dienone is 1. The summed E-state index contributed by atoms with van der Waals surface area (Å²) in [5, 5.41) is 23.1. The van der Waals surface area contributed by atoms with E-state index in [0.717, 1.165) is 24.8 Å². The number of nitrogens with one attached hydrogen (secondary N) is 1. The molecule has 0 bridgehead atoms. The predicted molar refractivity (Wildman–Crippen MR) is 115 cm³/mol. The third-order valence-corrected chi connectivity index (χ3v) is 6.46. The number of benzene rings is 1. The second-order valence-electron chi connectivity index (χ2n) is 8.87. The van der Waals surface area contributed by atoms with E-state index in [-0.39, 0.29) is 35.5 Å². The first-order valence-electron chi connectivity index (χ1n) is 10.8. The summed E-state index contributed by atoms with van der Waals surface area (Å²) in [6.45, 7) is 3.66. The van der Waals surface area contributed by atoms with Gasteiger partial charge in [-0.25, -0.2) is 13.6 Å². The number of carboxylic acids is 1. The molecule has 1 aliphatic carbocycles. The number of aliphatic carboxylic acids is 1. The molecule has 3 N–H and O–H groups in total. The van der Waals surface area contributed by atoms with Crippen LogP contribution < -0.4 is 10.1 Å². The van der Waals surface area contributed by atoms with Crippen LogP contribution in [0.25, 0.3) is 6.08 Å². The van der Waals surface area contributed by atoms with E-state index in [4.69, 9.17) is 4.74 Å². The van der Waals surface area contributed by atoms with Crippen molar-refractivity contribution in [3.63, 3.8) is 0 Å². The fourth-order valence-electron chi connectivity index (χ4n) is 3.95. The molecule has 0 saturated heterocycles. The number of aliphatic hydroxyl groups is 1. The molecule has 7 heteroatoms. The van der Waals surface area contributed by atoms with Gasteiger partial charge in [-0.15, -0.1) is 0 Å². The molecule has 3 rings (SSSR count). The summed E-state index contributed by atoms with van der Waals surface area (Å²) in [6.07, 6.45) is 6.93. The first-order chi connectivity index (χ1) is 14.6. The molecule has 0 aromatic heterocycles. The van der Waals surface area contributed by atoms with Crippen molar-refractivity contribution in [1.82, 2.24) is 5.32 Å². The van der Waals surface area contributed by atoms with Crippen LogP contribution in [-0.2, 0) is 11.2 Å². The van der Waals surface area contributed by atoms with Gasteiger partial charge in [-0.05, 0) is 81.0 Å². The third kappa shape index (κ3) is 5.64. The molecular formula is C24H31F2NO4. The lowest BCUT2D eigenvalue weighted by atomic mass is 9.72. The van der Waals surface area contributed by atoms with Crippen molar-refractivity contribution in [2.24, 2.45) is 0 Å². The molecule has 0 amide bonds. The Morgan fingerprint density at radius 2 is 2.10 bits per heavy atom. The number of halogens is 2. The number of fused-ring (bicyclic) bond motifs is 1. The van der Waals surface area contributed by atoms with Crippen LogP contribution in [0.4, 0.5) is 8.78 Å². The lowest BCUT2D eigenvalue weighted by Gasteiger charge is -2.43. The van der Waals surface area contributed by atoms with Gasteiger partial charge in [0.15, 0.2) is 0 Å². The third-order valence-electron chi connectivity index (χ3n) is 6.46. The topological polar surface area (TPSA) is 78.8 Å². The standard InChI is InChI=1S/C24H31F2NO4/c1-3-23(2,30)9-11-31-20-14-18-15-24(7-5-8-24)27-10-4-6-16(22(28)29)12-17(18)13-19(20)21(25)26/h4,10,12-14,21,27,30H,3,5-9,11,15H2,1-2H3,(H,28,29)/b10-4-,16-12+. The summed E-state index contributed by atoms with van der Waals surface area (Å²) in [6, 6.07) is 2.98. The maximum atomic E-state index is 13.8. The largest absolute Gasteiger partial charge is 0.493 e. The fourth-order valence-corrected chi connectivity index (χ4v) is 3.95. The number of rotatable bonds is 7. The minimum Gasteiger partial charge on any atom is -0.493 e. The number of carboxylic acid groups (broad SMARTS) is 1. The molecule has 1 heterocycles. The number of alkyl halides is 2. The normalized spacial score (nSPS) is 22.3. The number of ether oxygens (including phenoxy) is 1. The van der Waals surface area contributed by atoms with E-state index in [2.05, 4.69) is 5.32 Å². The van der Waals surface area contributed by atoms with Crippen molar-refractivity contribution in [2.45, 2.75) is 76.4 Å². The molecule has 5 nitrogen and oxygen atoms in total. The molecule has 1 atom stereocenters. The summed E-state index contributed by atoms with van der Waals surface area (Å²) in [4.78, 5) is 11.7. The Morgan fingerprint density at radius 3 is 2.68 bits per heavy atom. The van der Waals surface area contributed by atoms with Crippen LogP contribution in [0.1, 0.15) is 75.5 Å². The highest BCUT2D eigenvalue weighted by molar-refractivity contribution is 5.92. The van der Waals surface area contributed by atoms with E-state index >= 15 is 0 Å². The van der Waals surface area contributed by atoms with Gasteiger partial charge >= 0.3 is 5.97 Å². The first kappa shape index (κ1) is 23.3. The highest BCUT2D eigenvalue weighted by atomic mass is 19.3. The van der Waals surface area contributed by atoms with Crippen LogP contribution >= 0.6 is 0 Å². The van der Waals surface area contributed by atoms with Crippen molar-refractivity contribution in [2.75, 3.05) is 6.61 Å². The highest BCUT2D eigenvalue weighted by Crippen LogP contribution is 2.40. The van der Waals surface area contributed by atoms with Crippen LogP contribution in [0.3, 0.4) is 0 Å². The second-order valence-corrected chi connectivity index (χ2v) is 8.87. The maximum Gasteiger partial charge on any atom is 0.331 e. The molecule has 170 valence electrons. The Kier molecular flexibility index (Phi) is 7.04. The molecule has 1 fully saturated rings. The first-order valence-corrected chi connectivity index (χ1v) is 10.8. The highest BCUT2D eigenvalue weighted by Gasteiger charge is 2.37. The van der Waals surface area contributed by atoms with Crippen molar-refractivity contribution in [3.8, 4) is 5.75 Å². The van der Waals surface area contributed by atoms with Gasteiger partial charge in [0.05, 0.1) is 17.8 Å². The lowest BCUT2D eigenvalue weighted by molar-refractivity contribution is -0.132. The van der Waals surface area contributed by atoms with E-state index in [0.29, 0.717) is 24.8 Å². The maximum absolute atomic E-state index is 13.8. The van der Waals surface area contributed by atoms with Gasteiger partial charge in [0.25, 0.3) is 6.43 Å². The SMILES string of the molecule is CCC(C)(O)CCOc1cc2c(cc1C(F)F)/C=C(/C(=O)O)C/C=C\NC1(CCC1)C2. The predicted octanol–water partition coefficient (Wildman–Crippen LogP) is 4.99. The van der Waals surface area contributed by atoms with Crippen LogP contribution in [0.2, 0.25) is 0 Å². The van der Waals surface area contributed by atoms with Gasteiger partial charge in [0, 0.05) is 17.5 Å². The molecule has 1 unspecified atom stereocenters. The van der Waals surface area contributed by atoms with Crippen molar-refractivity contribution in [1.29, 1.82) is 0 Å². The summed E-state index contributed by atoms with van der Waals surface area (Å²) in [5.74, 6) is -0.983. The molecule has 0 radical (unpaired) electrons. The van der Waals surface area contributed by atoms with Crippen LogP contribution in [0, 0.1) is 0 Å². The molecule has 1 saturated carbocycles. The van der Waals surface area contributed by atoms with Gasteiger partial charge in [-0.3, -0.25) is 0 Å². The van der Waals surface area contributed by atoms with Crippen LogP contribution in [0.5, 0.6) is 5.75 Å². The Morgan fingerprint density at radius 1 is 1.35 bits per heavy atom. The number of hydrogen-bond acceptors (Lipinski definition) is 4. The summed E-state index contributed by atoms with van der Waals surface area (Å²) in [5.41, 5.74) is 0.0635. The van der Waals surface area contributed by atoms with Gasteiger partial charge < -0.3 is 20.3 Å². The minimum absolute atomic E-state index is 0.0907. The van der Waals surface area contributed by atoms with Gasteiger partial charge in [-0.1, -0.05) is 13.0 Å². The molecule has 31 heavy (non-hydrogen) atoms. The zero-order valence-corrected chi connectivity index (χ0v) is 18.1. The average Bonchev–Trinajstić information content (AvgIpc) is 2.68. The van der Waals surface area contributed by atoms with Gasteiger partial charge in [0.2, 0.25) is 0 Å². The van der Waals surface area contributed by atoms with E-state index in [1.54, 1.807) is 25.3 Å². The fraction of sp³-hybridized carbons (Fsp3) is 0.542. The smallest absolute Gasteiger partial charge is 0.331 e. The summed E-state index contributed by atoms with van der Waals surface area (Å²) >= 11 is 0. The molecule has 1 aromatic rings. The molecule has 1 spiro atoms.